The third-order valence-electron chi connectivity index (χ3n) is 4.43. The van der Waals surface area contributed by atoms with Crippen LogP contribution in [0.5, 0.6) is 5.75 Å². The molecule has 2 heterocycles. The van der Waals surface area contributed by atoms with E-state index < -0.39 is 5.25 Å². The lowest BCUT2D eigenvalue weighted by atomic mass is 10.2. The predicted octanol–water partition coefficient (Wildman–Crippen LogP) is 2.84. The Hall–Kier alpha value is -1.64. The summed E-state index contributed by atoms with van der Waals surface area (Å²) in [5.41, 5.74) is 0.566. The van der Waals surface area contributed by atoms with Crippen LogP contribution >= 0.6 is 24.0 Å². The fourth-order valence-electron chi connectivity index (χ4n) is 3.35. The Morgan fingerprint density at radius 3 is 2.44 bits per heavy atom. The molecular formula is C19H24N2O4S2. The third kappa shape index (κ3) is 4.62. The zero-order chi connectivity index (χ0) is 19.6. The first-order chi connectivity index (χ1) is 12.9. The summed E-state index contributed by atoms with van der Waals surface area (Å²) < 4.78 is 11.8. The van der Waals surface area contributed by atoms with E-state index in [1.54, 1.807) is 24.3 Å². The molecule has 8 heteroatoms. The maximum atomic E-state index is 12.8. The summed E-state index contributed by atoms with van der Waals surface area (Å²) in [4.78, 5) is 28.6. The molecule has 146 valence electrons. The minimum atomic E-state index is -0.481. The van der Waals surface area contributed by atoms with Crippen LogP contribution in [0.1, 0.15) is 27.2 Å². The number of benzene rings is 1. The number of nitrogens with zero attached hydrogens (tertiary/aromatic N) is 2. The molecule has 0 bridgehead atoms. The minimum absolute atomic E-state index is 0.0913. The van der Waals surface area contributed by atoms with Crippen LogP contribution in [-0.4, -0.2) is 58.2 Å². The molecular weight excluding hydrogens is 384 g/mol. The van der Waals surface area contributed by atoms with Gasteiger partial charge in [-0.2, -0.15) is 0 Å². The van der Waals surface area contributed by atoms with Crippen LogP contribution in [-0.2, 0) is 14.3 Å². The molecule has 2 saturated heterocycles. The van der Waals surface area contributed by atoms with E-state index in [4.69, 9.17) is 21.7 Å². The number of rotatable bonds is 4. The van der Waals surface area contributed by atoms with Gasteiger partial charge in [0, 0.05) is 19.5 Å². The van der Waals surface area contributed by atoms with Crippen LogP contribution in [0.3, 0.4) is 0 Å². The van der Waals surface area contributed by atoms with E-state index in [0.717, 1.165) is 0 Å². The number of imide groups is 1. The third-order valence-corrected chi connectivity index (χ3v) is 6.09. The first-order valence-corrected chi connectivity index (χ1v) is 10.4. The summed E-state index contributed by atoms with van der Waals surface area (Å²) in [7, 11) is 0. The average molecular weight is 409 g/mol. The van der Waals surface area contributed by atoms with Crippen molar-refractivity contribution in [2.45, 2.75) is 44.6 Å². The molecule has 0 aromatic heterocycles. The van der Waals surface area contributed by atoms with Gasteiger partial charge >= 0.3 is 0 Å². The van der Waals surface area contributed by atoms with Gasteiger partial charge in [0.05, 0.1) is 24.5 Å². The first-order valence-electron chi connectivity index (χ1n) is 9.09. The predicted molar refractivity (Wildman–Crippen MR) is 110 cm³/mol. The molecule has 2 aliphatic rings. The van der Waals surface area contributed by atoms with Crippen molar-refractivity contribution in [3.05, 3.63) is 24.3 Å². The lowest BCUT2D eigenvalue weighted by Crippen LogP contribution is -2.47. The van der Waals surface area contributed by atoms with Gasteiger partial charge in [0.2, 0.25) is 11.8 Å². The van der Waals surface area contributed by atoms with Gasteiger partial charge in [-0.15, -0.1) is 0 Å². The maximum Gasteiger partial charge on any atom is 0.247 e. The van der Waals surface area contributed by atoms with Crippen LogP contribution in [0.25, 0.3) is 0 Å². The fourth-order valence-corrected chi connectivity index (χ4v) is 4.82. The molecule has 3 atom stereocenters. The van der Waals surface area contributed by atoms with Gasteiger partial charge < -0.3 is 14.4 Å². The van der Waals surface area contributed by atoms with Crippen LogP contribution in [0.4, 0.5) is 5.69 Å². The summed E-state index contributed by atoms with van der Waals surface area (Å²) >= 11 is 6.85. The van der Waals surface area contributed by atoms with Crippen LogP contribution in [0.15, 0.2) is 24.3 Å². The minimum Gasteiger partial charge on any atom is -0.494 e. The highest BCUT2D eigenvalue weighted by atomic mass is 32.2. The number of thiocarbonyl (C=S) groups is 1. The number of anilines is 1. The van der Waals surface area contributed by atoms with Gasteiger partial charge in [-0.1, -0.05) is 24.0 Å². The molecule has 1 aromatic carbocycles. The largest absolute Gasteiger partial charge is 0.494 e. The Morgan fingerprint density at radius 2 is 1.85 bits per heavy atom. The molecule has 0 spiro atoms. The van der Waals surface area contributed by atoms with E-state index in [1.165, 1.54) is 16.7 Å². The molecule has 2 amide bonds. The topological polar surface area (TPSA) is 59.1 Å². The van der Waals surface area contributed by atoms with E-state index in [0.29, 0.717) is 35.5 Å². The summed E-state index contributed by atoms with van der Waals surface area (Å²) in [6, 6.07) is 7.00. The molecule has 6 nitrogen and oxygen atoms in total. The summed E-state index contributed by atoms with van der Waals surface area (Å²) in [6.07, 6.45) is 0.342. The molecule has 0 N–H and O–H groups in total. The lowest BCUT2D eigenvalue weighted by molar-refractivity contribution is -0.121. The Labute approximate surface area is 169 Å². The van der Waals surface area contributed by atoms with Crippen molar-refractivity contribution >= 4 is 45.8 Å². The second kappa shape index (κ2) is 8.58. The van der Waals surface area contributed by atoms with E-state index in [-0.39, 0.29) is 30.4 Å². The number of hydrogen-bond donors (Lipinski definition) is 0. The molecule has 0 aliphatic carbocycles. The number of ether oxygens (including phenoxy) is 2. The van der Waals surface area contributed by atoms with Crippen molar-refractivity contribution in [1.82, 2.24) is 4.90 Å². The van der Waals surface area contributed by atoms with E-state index in [9.17, 15) is 9.59 Å². The van der Waals surface area contributed by atoms with Crippen molar-refractivity contribution in [2.75, 3.05) is 24.6 Å². The van der Waals surface area contributed by atoms with Crippen LogP contribution < -0.4 is 9.64 Å². The van der Waals surface area contributed by atoms with Crippen LogP contribution in [0.2, 0.25) is 0 Å². The second-order valence-electron chi connectivity index (χ2n) is 6.73. The number of amides is 2. The molecule has 27 heavy (non-hydrogen) atoms. The zero-order valence-electron chi connectivity index (χ0n) is 15.7. The van der Waals surface area contributed by atoms with Gasteiger partial charge in [0.15, 0.2) is 0 Å². The Balaban J connectivity index is 1.66. The van der Waals surface area contributed by atoms with Gasteiger partial charge in [0.1, 0.15) is 15.3 Å². The van der Waals surface area contributed by atoms with E-state index >= 15 is 0 Å². The molecule has 0 radical (unpaired) electrons. The fraction of sp³-hybridized carbons (Fsp3) is 0.526. The van der Waals surface area contributed by atoms with Crippen molar-refractivity contribution in [2.24, 2.45) is 0 Å². The van der Waals surface area contributed by atoms with Crippen molar-refractivity contribution < 1.29 is 19.1 Å². The van der Waals surface area contributed by atoms with Crippen molar-refractivity contribution in [3.63, 3.8) is 0 Å². The highest BCUT2D eigenvalue weighted by Crippen LogP contribution is 2.32. The smallest absolute Gasteiger partial charge is 0.247 e. The average Bonchev–Trinajstić information content (AvgIpc) is 2.89. The van der Waals surface area contributed by atoms with Crippen LogP contribution in [0, 0.1) is 0 Å². The van der Waals surface area contributed by atoms with E-state index in [1.807, 2.05) is 20.8 Å². The van der Waals surface area contributed by atoms with Crippen molar-refractivity contribution in [3.8, 4) is 5.75 Å². The summed E-state index contributed by atoms with van der Waals surface area (Å²) in [5, 5.41) is -0.481. The standard InChI is InChI=1S/C19H24N2O4S2/c1-4-24-15-7-5-14(6-8-15)21-17(22)9-16(18(21)23)27-19(26)20-10-12(2)25-13(3)11-20/h5-8,12-13,16H,4,9-11H2,1-3H3/t12-,13-,16-/m0/s1. The number of thioether (sulfide) groups is 1. The maximum absolute atomic E-state index is 12.8. The Kier molecular flexibility index (Phi) is 6.39. The van der Waals surface area contributed by atoms with Gasteiger partial charge in [0.25, 0.3) is 0 Å². The number of morpholine rings is 1. The second-order valence-corrected chi connectivity index (χ2v) is 8.57. The van der Waals surface area contributed by atoms with Crippen molar-refractivity contribution in [1.29, 1.82) is 0 Å². The van der Waals surface area contributed by atoms with E-state index in [2.05, 4.69) is 4.90 Å². The monoisotopic (exact) mass is 408 g/mol. The number of hydrogen-bond acceptors (Lipinski definition) is 6. The zero-order valence-corrected chi connectivity index (χ0v) is 17.3. The Bertz CT molecular complexity index is 715. The lowest BCUT2D eigenvalue weighted by Gasteiger charge is -2.36. The normalized spacial score (nSPS) is 25.8. The molecule has 2 fully saturated rings. The van der Waals surface area contributed by atoms with Gasteiger partial charge in [-0.3, -0.25) is 9.59 Å². The molecule has 1 aromatic rings. The first kappa shape index (κ1) is 20.1. The molecule has 0 unspecified atom stereocenters. The molecule has 0 saturated carbocycles. The number of carbonyl (C=O) groups is 2. The number of carbonyl (C=O) groups excluding carboxylic acids is 2. The van der Waals surface area contributed by atoms with Gasteiger partial charge in [-0.25, -0.2) is 4.90 Å². The molecule has 2 aliphatic heterocycles. The summed E-state index contributed by atoms with van der Waals surface area (Å²) in [6.45, 7) is 7.89. The molecule has 3 rings (SSSR count). The highest BCUT2D eigenvalue weighted by molar-refractivity contribution is 8.23. The summed E-state index contributed by atoms with van der Waals surface area (Å²) in [5.74, 6) is 0.294. The van der Waals surface area contributed by atoms with Gasteiger partial charge in [-0.05, 0) is 45.0 Å². The SMILES string of the molecule is CCOc1ccc(N2C(=O)C[C@H](SC(=S)N3C[C@H](C)O[C@@H](C)C3)C2=O)cc1. The quantitative estimate of drug-likeness (QED) is 0.561. The highest BCUT2D eigenvalue weighted by Gasteiger charge is 2.41. The Morgan fingerprint density at radius 1 is 1.22 bits per heavy atom.